The second kappa shape index (κ2) is 11.3. The van der Waals surface area contributed by atoms with Crippen molar-refractivity contribution in [2.45, 2.75) is 142 Å². The van der Waals surface area contributed by atoms with Gasteiger partial charge in [-0.2, -0.15) is 0 Å². The zero-order valence-electron chi connectivity index (χ0n) is 28.9. The number of phenols is 1. The first-order chi connectivity index (χ1) is 21.5. The molecule has 254 valence electrons. The van der Waals surface area contributed by atoms with Crippen molar-refractivity contribution < 1.29 is 39.1 Å². The van der Waals surface area contributed by atoms with Gasteiger partial charge in [0, 0.05) is 11.5 Å². The Hall–Kier alpha value is -2.58. The summed E-state index contributed by atoms with van der Waals surface area (Å²) < 4.78 is 21.1. The fourth-order valence-electron chi connectivity index (χ4n) is 9.62. The predicted octanol–water partition coefficient (Wildman–Crippen LogP) is 7.35. The SMILES string of the molecule is CC(C)CCC[C@]1(C)C=Cc2c(O)c3c(c(CCC(C)C)c2O1)O[C@]12C(C[C@@H]4CC1C(C)(C)O[C@@]2(CCC(C)C(=O)O)C4O)C3=O. The second-order valence-corrected chi connectivity index (χ2v) is 16.7. The molecule has 3 N–H and O–H groups in total. The van der Waals surface area contributed by atoms with Gasteiger partial charge in [-0.1, -0.05) is 41.0 Å². The quantitative estimate of drug-likeness (QED) is 0.230. The summed E-state index contributed by atoms with van der Waals surface area (Å²) in [5.74, 6) is -0.997. The van der Waals surface area contributed by atoms with Crippen molar-refractivity contribution in [2.24, 2.45) is 35.5 Å². The molecule has 3 heterocycles. The molecule has 0 amide bonds. The lowest BCUT2D eigenvalue weighted by atomic mass is 9.46. The fourth-order valence-corrected chi connectivity index (χ4v) is 9.62. The Balaban J connectivity index is 1.52. The number of carboxylic acid groups (broad SMARTS) is 1. The number of carbonyl (C=O) groups is 2. The van der Waals surface area contributed by atoms with Crippen molar-refractivity contribution in [1.29, 1.82) is 0 Å². The first-order valence-corrected chi connectivity index (χ1v) is 17.6. The van der Waals surface area contributed by atoms with Crippen LogP contribution in [0.5, 0.6) is 17.2 Å². The van der Waals surface area contributed by atoms with Crippen molar-refractivity contribution in [2.75, 3.05) is 0 Å². The maximum Gasteiger partial charge on any atom is 0.306 e. The van der Waals surface area contributed by atoms with Gasteiger partial charge in [0.25, 0.3) is 0 Å². The summed E-state index contributed by atoms with van der Waals surface area (Å²) in [6.45, 7) is 16.5. The summed E-state index contributed by atoms with van der Waals surface area (Å²) in [6, 6.07) is 0. The van der Waals surface area contributed by atoms with Crippen LogP contribution >= 0.6 is 0 Å². The van der Waals surface area contributed by atoms with E-state index in [9.17, 15) is 24.9 Å². The molecule has 8 nitrogen and oxygen atoms in total. The van der Waals surface area contributed by atoms with Crippen LogP contribution in [0.3, 0.4) is 0 Å². The van der Waals surface area contributed by atoms with Crippen LogP contribution in [0.25, 0.3) is 6.08 Å². The number of carboxylic acids is 1. The highest BCUT2D eigenvalue weighted by molar-refractivity contribution is 6.07. The molecule has 0 aromatic heterocycles. The standard InChI is InChI=1S/C38H54O8/c1-20(2)10-9-15-36(8)16-14-24-29(39)28-30(40)26-18-23-19-27-35(6,7)46-37(33(23)41,17-13-22(5)34(42)43)38(26,27)45-32(28)25(31(24)44-36)12-11-21(3)4/h14,16,20-23,26-27,33,39,41H,9-13,15,17-19H2,1-8H3,(H,42,43)/t22?,23-,26?,27?,33?,36-,37+,38-/m1/s1. The van der Waals surface area contributed by atoms with Gasteiger partial charge >= 0.3 is 5.97 Å². The number of carbonyl (C=O) groups excluding carboxylic acids is 1. The van der Waals surface area contributed by atoms with Gasteiger partial charge in [0.1, 0.15) is 34.0 Å². The van der Waals surface area contributed by atoms with E-state index in [4.69, 9.17) is 14.2 Å². The number of hydrogen-bond donors (Lipinski definition) is 3. The highest BCUT2D eigenvalue weighted by Gasteiger charge is 2.83. The monoisotopic (exact) mass is 638 g/mol. The van der Waals surface area contributed by atoms with Crippen LogP contribution in [0.15, 0.2) is 6.08 Å². The zero-order valence-corrected chi connectivity index (χ0v) is 28.9. The number of rotatable bonds is 11. The molecule has 3 aliphatic heterocycles. The Morgan fingerprint density at radius 3 is 2.33 bits per heavy atom. The van der Waals surface area contributed by atoms with Crippen molar-refractivity contribution in [3.05, 3.63) is 22.8 Å². The van der Waals surface area contributed by atoms with Crippen LogP contribution in [-0.4, -0.2) is 55.6 Å². The number of phenolic OH excluding ortho intramolecular Hbond substituents is 1. The number of aliphatic hydroxyl groups is 1. The molecule has 46 heavy (non-hydrogen) atoms. The van der Waals surface area contributed by atoms with Crippen LogP contribution in [-0.2, 0) is 16.0 Å². The molecule has 8 heteroatoms. The van der Waals surface area contributed by atoms with Gasteiger partial charge in [0.2, 0.25) is 0 Å². The van der Waals surface area contributed by atoms with E-state index in [0.29, 0.717) is 48.2 Å². The van der Waals surface area contributed by atoms with Gasteiger partial charge in [-0.25, -0.2) is 0 Å². The Morgan fingerprint density at radius 2 is 1.67 bits per heavy atom. The molecule has 3 aliphatic carbocycles. The number of hydrogen-bond acceptors (Lipinski definition) is 7. The summed E-state index contributed by atoms with van der Waals surface area (Å²) >= 11 is 0. The smallest absolute Gasteiger partial charge is 0.306 e. The highest BCUT2D eigenvalue weighted by Crippen LogP contribution is 2.71. The third kappa shape index (κ3) is 4.83. The third-order valence-corrected chi connectivity index (χ3v) is 12.1. The molecule has 1 saturated heterocycles. The van der Waals surface area contributed by atoms with Crippen LogP contribution < -0.4 is 9.47 Å². The summed E-state index contributed by atoms with van der Waals surface area (Å²) in [4.78, 5) is 26.8. The summed E-state index contributed by atoms with van der Waals surface area (Å²) in [6.07, 6.45) is 8.94. The third-order valence-electron chi connectivity index (χ3n) is 12.1. The lowest BCUT2D eigenvalue weighted by Crippen LogP contribution is -2.77. The van der Waals surface area contributed by atoms with Crippen LogP contribution in [0.2, 0.25) is 0 Å². The summed E-state index contributed by atoms with van der Waals surface area (Å²) in [7, 11) is 0. The van der Waals surface area contributed by atoms with E-state index in [-0.39, 0.29) is 41.8 Å². The van der Waals surface area contributed by atoms with Gasteiger partial charge in [0.15, 0.2) is 11.4 Å². The van der Waals surface area contributed by atoms with Crippen molar-refractivity contribution in [1.82, 2.24) is 0 Å². The van der Waals surface area contributed by atoms with Crippen molar-refractivity contribution in [3.8, 4) is 17.2 Å². The maximum absolute atomic E-state index is 14.9. The second-order valence-electron chi connectivity index (χ2n) is 16.7. The van der Waals surface area contributed by atoms with E-state index < -0.39 is 46.3 Å². The minimum atomic E-state index is -1.27. The van der Waals surface area contributed by atoms with E-state index in [1.807, 2.05) is 26.0 Å². The first kappa shape index (κ1) is 33.3. The maximum atomic E-state index is 14.9. The van der Waals surface area contributed by atoms with Gasteiger partial charge < -0.3 is 29.5 Å². The van der Waals surface area contributed by atoms with Gasteiger partial charge in [-0.05, 0) is 102 Å². The first-order valence-electron chi connectivity index (χ1n) is 17.6. The highest BCUT2D eigenvalue weighted by atomic mass is 16.6. The van der Waals surface area contributed by atoms with Crippen molar-refractivity contribution >= 4 is 17.8 Å². The van der Waals surface area contributed by atoms with E-state index >= 15 is 0 Å². The average molecular weight is 639 g/mol. The minimum Gasteiger partial charge on any atom is -0.506 e. The van der Waals surface area contributed by atoms with E-state index in [1.54, 1.807) is 6.92 Å². The molecule has 3 saturated carbocycles. The molecule has 4 fully saturated rings. The van der Waals surface area contributed by atoms with Gasteiger partial charge in [-0.3, -0.25) is 9.59 Å². The minimum absolute atomic E-state index is 0.110. The number of ether oxygens (including phenoxy) is 3. The molecular weight excluding hydrogens is 584 g/mol. The zero-order chi connectivity index (χ0) is 33.6. The van der Waals surface area contributed by atoms with Crippen molar-refractivity contribution in [3.63, 3.8) is 0 Å². The molecule has 1 aromatic rings. The fraction of sp³-hybridized carbons (Fsp3) is 0.737. The molecule has 1 spiro atoms. The molecule has 8 atom stereocenters. The molecular formula is C38H54O8. The Bertz CT molecular complexity index is 1440. The number of aliphatic hydroxyl groups excluding tert-OH is 1. The lowest BCUT2D eigenvalue weighted by molar-refractivity contribution is -0.259. The molecule has 4 unspecified atom stereocenters. The molecule has 0 radical (unpaired) electrons. The molecule has 7 rings (SSSR count). The van der Waals surface area contributed by atoms with E-state index in [1.165, 1.54) is 0 Å². The van der Waals surface area contributed by atoms with Gasteiger partial charge in [-0.15, -0.1) is 0 Å². The number of benzene rings is 1. The van der Waals surface area contributed by atoms with E-state index in [2.05, 4.69) is 34.6 Å². The van der Waals surface area contributed by atoms with E-state index in [0.717, 1.165) is 31.2 Å². The number of aliphatic carboxylic acids is 1. The summed E-state index contributed by atoms with van der Waals surface area (Å²) in [5.41, 5.74) is -2.25. The topological polar surface area (TPSA) is 123 Å². The molecule has 4 bridgehead atoms. The molecule has 1 aromatic carbocycles. The number of fused-ring (bicyclic) bond motifs is 2. The molecule has 6 aliphatic rings. The van der Waals surface area contributed by atoms with Crippen LogP contribution in [0, 0.1) is 35.5 Å². The average Bonchev–Trinajstić information content (AvgIpc) is 3.12. The largest absolute Gasteiger partial charge is 0.506 e. The Labute approximate surface area is 273 Å². The number of ketones is 1. The van der Waals surface area contributed by atoms with Gasteiger partial charge in [0.05, 0.1) is 29.1 Å². The summed E-state index contributed by atoms with van der Waals surface area (Å²) in [5, 5.41) is 33.6. The van der Waals surface area contributed by atoms with Crippen LogP contribution in [0.1, 0.15) is 128 Å². The van der Waals surface area contributed by atoms with Crippen LogP contribution in [0.4, 0.5) is 0 Å². The number of aromatic hydroxyl groups is 1. The normalized spacial score (nSPS) is 35.4. The lowest BCUT2D eigenvalue weighted by Gasteiger charge is -2.63. The Kier molecular flexibility index (Phi) is 8.15. The number of Topliss-reactive ketones (excluding diaryl/α,β-unsaturated/α-hetero) is 1. The predicted molar refractivity (Wildman–Crippen MR) is 175 cm³/mol. The Morgan fingerprint density at radius 1 is 0.978 bits per heavy atom.